The van der Waals surface area contributed by atoms with Crippen molar-refractivity contribution in [2.24, 2.45) is 0 Å². The maximum absolute atomic E-state index is 10.9. The zero-order valence-electron chi connectivity index (χ0n) is 10.4. The largest absolute Gasteiger partial charge is 2.00 e. The summed E-state index contributed by atoms with van der Waals surface area (Å²) in [6.07, 6.45) is 3.40. The molecule has 2 N–H and O–H groups in total. The molecule has 0 atom stereocenters. The van der Waals surface area contributed by atoms with E-state index in [4.69, 9.17) is 0 Å². The third-order valence-corrected chi connectivity index (χ3v) is 3.55. The maximum Gasteiger partial charge on any atom is 2.00 e. The summed E-state index contributed by atoms with van der Waals surface area (Å²) in [5, 5.41) is 1.24. The Kier molecular flexibility index (Phi) is 4.68. The second-order valence-electron chi connectivity index (χ2n) is 4.08. The molecule has 2 aromatic rings. The third kappa shape index (κ3) is 2.83. The first-order valence-corrected chi connectivity index (χ1v) is 6.57. The topological polar surface area (TPSA) is 71.9 Å². The summed E-state index contributed by atoms with van der Waals surface area (Å²) in [6.45, 7) is 0. The van der Waals surface area contributed by atoms with E-state index < -0.39 is 0 Å². The minimum Gasteiger partial charge on any atom is -0.196 e. The first kappa shape index (κ1) is 16.0. The van der Waals surface area contributed by atoms with Crippen LogP contribution in [0.1, 0.15) is 11.4 Å². The molecule has 9 heteroatoms. The van der Waals surface area contributed by atoms with Gasteiger partial charge in [-0.1, -0.05) is 25.3 Å². The molecule has 0 fully saturated rings. The van der Waals surface area contributed by atoms with Crippen molar-refractivity contribution < 1.29 is 40.0 Å². The number of thiol groups is 2. The van der Waals surface area contributed by atoms with Crippen LogP contribution in [0.2, 0.25) is 0 Å². The van der Waals surface area contributed by atoms with E-state index in [1.54, 1.807) is 12.4 Å². The average molecular weight is 413 g/mol. The molecule has 0 bridgehead atoms. The predicted molar refractivity (Wildman–Crippen MR) is 78.6 cm³/mol. The van der Waals surface area contributed by atoms with Crippen molar-refractivity contribution in [1.82, 2.24) is 9.13 Å². The average Bonchev–Trinajstić information content (AvgIpc) is 3.13. The van der Waals surface area contributed by atoms with Crippen LogP contribution in [0.25, 0.3) is 0 Å². The van der Waals surface area contributed by atoms with Gasteiger partial charge >= 0.3 is 32.5 Å². The van der Waals surface area contributed by atoms with Crippen molar-refractivity contribution in [2.75, 3.05) is 0 Å². The predicted octanol–water partition coefficient (Wildman–Crippen LogP) is -1.55. The Morgan fingerprint density at radius 2 is 1.19 bits per heavy atom. The summed E-state index contributed by atoms with van der Waals surface area (Å²) in [7, 11) is 0. The molecular formula is C12H10N4O2PdS2+4. The van der Waals surface area contributed by atoms with Gasteiger partial charge in [-0.05, 0) is 24.3 Å². The fourth-order valence-corrected chi connectivity index (χ4v) is 2.51. The van der Waals surface area contributed by atoms with E-state index in [9.17, 15) is 9.59 Å². The Bertz CT molecular complexity index is 725. The van der Waals surface area contributed by atoms with Crippen LogP contribution in [0.3, 0.4) is 0 Å². The quantitative estimate of drug-likeness (QED) is 0.313. The SMILES string of the molecule is O=C1[NH+]=C(S)c2cccn21.O=C1[NH+]=C(S)c2cccn21.[Pd+2]. The van der Waals surface area contributed by atoms with Crippen molar-refractivity contribution in [2.45, 2.75) is 0 Å². The van der Waals surface area contributed by atoms with Crippen LogP contribution in [-0.4, -0.2) is 31.3 Å². The molecule has 6 nitrogen and oxygen atoms in total. The van der Waals surface area contributed by atoms with Gasteiger partial charge in [0.15, 0.2) is 11.4 Å². The molecule has 0 radical (unpaired) electrons. The Morgan fingerprint density at radius 3 is 1.52 bits per heavy atom. The molecular weight excluding hydrogens is 403 g/mol. The van der Waals surface area contributed by atoms with Crippen LogP contribution >= 0.6 is 25.3 Å². The van der Waals surface area contributed by atoms with E-state index in [1.807, 2.05) is 24.3 Å². The molecule has 0 spiro atoms. The number of hydrogen-bond acceptors (Lipinski definition) is 2. The van der Waals surface area contributed by atoms with Gasteiger partial charge in [-0.3, -0.25) is 0 Å². The summed E-state index contributed by atoms with van der Waals surface area (Å²) >= 11 is 8.12. The van der Waals surface area contributed by atoms with Crippen molar-refractivity contribution in [3.63, 3.8) is 0 Å². The first-order valence-electron chi connectivity index (χ1n) is 5.68. The van der Waals surface area contributed by atoms with E-state index in [2.05, 4.69) is 35.2 Å². The van der Waals surface area contributed by atoms with Crippen molar-refractivity contribution >= 4 is 47.4 Å². The monoisotopic (exact) mass is 412 g/mol. The minimum atomic E-state index is -0.134. The van der Waals surface area contributed by atoms with Crippen LogP contribution in [-0.2, 0) is 20.4 Å². The first-order chi connectivity index (χ1) is 9.58. The second-order valence-corrected chi connectivity index (χ2v) is 4.98. The smallest absolute Gasteiger partial charge is 0.196 e. The number of hydrogen-bond donors (Lipinski definition) is 4. The van der Waals surface area contributed by atoms with Gasteiger partial charge in [0.05, 0.1) is 0 Å². The molecule has 2 aromatic heterocycles. The van der Waals surface area contributed by atoms with Crippen molar-refractivity contribution in [3.05, 3.63) is 48.0 Å². The van der Waals surface area contributed by atoms with Crippen LogP contribution in [0.4, 0.5) is 9.59 Å². The number of carbonyl (C=O) groups is 2. The number of rotatable bonds is 0. The van der Waals surface area contributed by atoms with Crippen LogP contribution in [0.5, 0.6) is 0 Å². The number of nitrogens with one attached hydrogen (secondary N) is 2. The summed E-state index contributed by atoms with van der Waals surface area (Å²) in [4.78, 5) is 27.0. The minimum absolute atomic E-state index is 0. The molecule has 0 unspecified atom stereocenters. The van der Waals surface area contributed by atoms with Gasteiger partial charge in [0, 0.05) is 0 Å². The molecule has 2 aliphatic rings. The zero-order chi connectivity index (χ0) is 14.3. The fourth-order valence-electron chi connectivity index (χ4n) is 1.95. The van der Waals surface area contributed by atoms with Crippen LogP contribution < -0.4 is 9.98 Å². The molecule has 2 aliphatic heterocycles. The van der Waals surface area contributed by atoms with Crippen molar-refractivity contribution in [3.8, 4) is 0 Å². The van der Waals surface area contributed by atoms with E-state index >= 15 is 0 Å². The fraction of sp³-hybridized carbons (Fsp3) is 0. The summed E-state index contributed by atoms with van der Waals surface area (Å²) in [5.41, 5.74) is 1.65. The van der Waals surface area contributed by atoms with Gasteiger partial charge in [-0.2, -0.15) is 28.7 Å². The Balaban J connectivity index is 0.000000147. The summed E-state index contributed by atoms with van der Waals surface area (Å²) in [6, 6.07) is 7.02. The molecule has 4 heterocycles. The van der Waals surface area contributed by atoms with E-state index in [-0.39, 0.29) is 32.5 Å². The number of fused-ring (bicyclic) bond motifs is 2. The second kappa shape index (κ2) is 6.15. The van der Waals surface area contributed by atoms with Gasteiger partial charge in [-0.15, -0.1) is 0 Å². The molecule has 0 saturated carbocycles. The van der Waals surface area contributed by atoms with Crippen LogP contribution in [0, 0.1) is 0 Å². The van der Waals surface area contributed by atoms with E-state index in [0.29, 0.717) is 10.1 Å². The molecule has 0 saturated heterocycles. The van der Waals surface area contributed by atoms with Gasteiger partial charge in [0.2, 0.25) is 10.1 Å². The number of amides is 2. The van der Waals surface area contributed by atoms with Gasteiger partial charge in [0.25, 0.3) is 0 Å². The summed E-state index contributed by atoms with van der Waals surface area (Å²) < 4.78 is 3.03. The molecule has 0 aliphatic carbocycles. The Labute approximate surface area is 144 Å². The molecule has 0 aromatic carbocycles. The van der Waals surface area contributed by atoms with Gasteiger partial charge < -0.3 is 0 Å². The normalized spacial score (nSPS) is 14.6. The molecule has 21 heavy (non-hydrogen) atoms. The van der Waals surface area contributed by atoms with Gasteiger partial charge in [0.1, 0.15) is 12.4 Å². The summed E-state index contributed by atoms with van der Waals surface area (Å²) in [5.74, 6) is 0. The Morgan fingerprint density at radius 1 is 0.810 bits per heavy atom. The third-order valence-electron chi connectivity index (χ3n) is 2.87. The molecule has 108 valence electrons. The van der Waals surface area contributed by atoms with E-state index in [1.165, 1.54) is 9.13 Å². The Hall–Kier alpha value is -1.40. The number of nitrogens with zero attached hydrogens (tertiary/aromatic N) is 2. The van der Waals surface area contributed by atoms with Crippen LogP contribution in [0.15, 0.2) is 36.7 Å². The molecule has 4 rings (SSSR count). The molecule has 2 amide bonds. The number of aromatic nitrogens is 2. The standard InChI is InChI=1S/2C6H4N2OS.Pd/c2*9-6-7-5(10)4-2-1-3-8(4)6;/h2*1-3H,(H,7,9,10);/q;;+2/p+2. The maximum atomic E-state index is 10.9. The van der Waals surface area contributed by atoms with Gasteiger partial charge in [-0.25, -0.2) is 0 Å². The number of carbonyl (C=O) groups excluding carboxylic acids is 2. The zero-order valence-corrected chi connectivity index (χ0v) is 13.7. The van der Waals surface area contributed by atoms with E-state index in [0.717, 1.165) is 11.4 Å². The van der Waals surface area contributed by atoms with Crippen molar-refractivity contribution in [1.29, 1.82) is 0 Å².